The molecule has 3 nitrogen and oxygen atoms in total. The van der Waals surface area contributed by atoms with Gasteiger partial charge in [0, 0.05) is 4.91 Å². The molecule has 0 aromatic carbocycles. The first kappa shape index (κ1) is 19.3. The highest BCUT2D eigenvalue weighted by Crippen LogP contribution is 2.24. The van der Waals surface area contributed by atoms with Gasteiger partial charge in [-0.1, -0.05) is 56.5 Å². The van der Waals surface area contributed by atoms with E-state index in [0.717, 1.165) is 27.6 Å². The molecule has 1 heterocycles. The molecular weight excluding hydrogens is 322 g/mol. The Balaban J connectivity index is 3.09. The normalized spacial score (nSPS) is 12.5. The molecule has 1 N–H and O–H groups in total. The van der Waals surface area contributed by atoms with Gasteiger partial charge in [0.15, 0.2) is 0 Å². The van der Waals surface area contributed by atoms with E-state index in [-0.39, 0.29) is 0 Å². The van der Waals surface area contributed by atoms with E-state index in [2.05, 4.69) is 40.8 Å². The first-order valence-corrected chi connectivity index (χ1v) is 9.36. The van der Waals surface area contributed by atoms with E-state index in [9.17, 15) is 0 Å². The van der Waals surface area contributed by atoms with Gasteiger partial charge >= 0.3 is 0 Å². The highest BCUT2D eigenvalue weighted by Gasteiger charge is 2.07. The number of anilines is 1. The lowest BCUT2D eigenvalue weighted by Gasteiger charge is -2.09. The Morgan fingerprint density at radius 3 is 2.65 bits per heavy atom. The summed E-state index contributed by atoms with van der Waals surface area (Å²) < 4.78 is 3.19. The maximum absolute atomic E-state index is 4.58. The SMILES string of the molecule is C=C/C(=C\CC)SNc1nc(SC)cc(/C(C=C)=C/C=C\C)n1. The van der Waals surface area contributed by atoms with Crippen molar-refractivity contribution in [1.29, 1.82) is 0 Å². The molecule has 0 saturated carbocycles. The summed E-state index contributed by atoms with van der Waals surface area (Å²) >= 11 is 3.05. The number of hydrogen-bond donors (Lipinski definition) is 1. The van der Waals surface area contributed by atoms with Crippen molar-refractivity contribution in [3.05, 3.63) is 66.3 Å². The quantitative estimate of drug-likeness (QED) is 0.262. The minimum Gasteiger partial charge on any atom is -0.294 e. The van der Waals surface area contributed by atoms with Gasteiger partial charge in [-0.2, -0.15) is 0 Å². The van der Waals surface area contributed by atoms with Gasteiger partial charge in [0.2, 0.25) is 5.95 Å². The predicted molar refractivity (Wildman–Crippen MR) is 107 cm³/mol. The topological polar surface area (TPSA) is 37.8 Å². The molecule has 0 aliphatic heterocycles. The van der Waals surface area contributed by atoms with Crippen LogP contribution in [0.15, 0.2) is 65.6 Å². The van der Waals surface area contributed by atoms with Gasteiger partial charge in [0.05, 0.1) is 5.69 Å². The fraction of sp³-hybridized carbons (Fsp3) is 0.222. The van der Waals surface area contributed by atoms with E-state index in [1.807, 2.05) is 43.5 Å². The highest BCUT2D eigenvalue weighted by atomic mass is 32.2. The van der Waals surface area contributed by atoms with E-state index in [4.69, 9.17) is 0 Å². The van der Waals surface area contributed by atoms with Crippen LogP contribution in [-0.2, 0) is 0 Å². The zero-order valence-electron chi connectivity index (χ0n) is 13.9. The molecule has 0 radical (unpaired) electrons. The van der Waals surface area contributed by atoms with Crippen LogP contribution in [0.25, 0.3) is 5.57 Å². The summed E-state index contributed by atoms with van der Waals surface area (Å²) in [5.41, 5.74) is 1.81. The standard InChI is InChI=1S/C18H23N3S2/c1-6-10-12-14(8-3)16-13-17(22-5)20-18(19-16)21-23-15(9-4)11-7-2/h6,8-13H,3-4,7H2,1-2,5H3,(H,19,20,21)/b10-6-,14-12+,15-11+. The molecule has 0 saturated heterocycles. The van der Waals surface area contributed by atoms with Crippen molar-refractivity contribution in [2.75, 3.05) is 11.0 Å². The van der Waals surface area contributed by atoms with Crippen LogP contribution < -0.4 is 4.72 Å². The second-order valence-corrected chi connectivity index (χ2v) is 6.10. The van der Waals surface area contributed by atoms with E-state index < -0.39 is 0 Å². The Morgan fingerprint density at radius 2 is 2.09 bits per heavy atom. The Bertz CT molecular complexity index is 631. The van der Waals surface area contributed by atoms with Crippen LogP contribution in [0.1, 0.15) is 26.0 Å². The third-order valence-electron chi connectivity index (χ3n) is 2.76. The number of allylic oxidation sites excluding steroid dienone is 7. The van der Waals surface area contributed by atoms with Crippen LogP contribution in [0, 0.1) is 0 Å². The molecule has 0 amide bonds. The third kappa shape index (κ3) is 6.50. The Labute approximate surface area is 147 Å². The van der Waals surface area contributed by atoms with Gasteiger partial charge in [0.25, 0.3) is 0 Å². The summed E-state index contributed by atoms with van der Waals surface area (Å²) in [5.74, 6) is 0.578. The zero-order chi connectivity index (χ0) is 17.1. The van der Waals surface area contributed by atoms with Crippen molar-refractivity contribution in [2.45, 2.75) is 25.3 Å². The summed E-state index contributed by atoms with van der Waals surface area (Å²) in [5, 5.41) is 0.908. The summed E-state index contributed by atoms with van der Waals surface area (Å²) in [4.78, 5) is 10.1. The lowest BCUT2D eigenvalue weighted by molar-refractivity contribution is 1.05. The molecule has 0 spiro atoms. The molecule has 5 heteroatoms. The second-order valence-electron chi connectivity index (χ2n) is 4.39. The number of thioether (sulfide) groups is 1. The number of nitrogens with one attached hydrogen (secondary N) is 1. The first-order chi connectivity index (χ1) is 11.2. The van der Waals surface area contributed by atoms with E-state index in [1.54, 1.807) is 17.8 Å². The van der Waals surface area contributed by atoms with Crippen molar-refractivity contribution in [2.24, 2.45) is 0 Å². The van der Waals surface area contributed by atoms with Crippen molar-refractivity contribution >= 4 is 35.2 Å². The Hall–Kier alpha value is -1.72. The highest BCUT2D eigenvalue weighted by molar-refractivity contribution is 8.04. The van der Waals surface area contributed by atoms with Crippen LogP contribution in [-0.4, -0.2) is 16.2 Å². The number of hydrogen-bond acceptors (Lipinski definition) is 5. The smallest absolute Gasteiger partial charge is 0.234 e. The second kappa shape index (κ2) is 10.9. The molecule has 0 aliphatic carbocycles. The molecule has 0 atom stereocenters. The molecule has 0 bridgehead atoms. The number of nitrogens with zero attached hydrogens (tertiary/aromatic N) is 2. The lowest BCUT2D eigenvalue weighted by Crippen LogP contribution is -1.99. The van der Waals surface area contributed by atoms with E-state index >= 15 is 0 Å². The van der Waals surface area contributed by atoms with Gasteiger partial charge in [-0.05, 0) is 43.2 Å². The minimum atomic E-state index is 0.578. The Morgan fingerprint density at radius 1 is 1.30 bits per heavy atom. The number of aromatic nitrogens is 2. The zero-order valence-corrected chi connectivity index (χ0v) is 15.5. The fourth-order valence-corrected chi connectivity index (χ4v) is 2.69. The largest absolute Gasteiger partial charge is 0.294 e. The van der Waals surface area contributed by atoms with Gasteiger partial charge < -0.3 is 0 Å². The monoisotopic (exact) mass is 345 g/mol. The molecule has 1 aromatic heterocycles. The summed E-state index contributed by atoms with van der Waals surface area (Å²) in [6.45, 7) is 11.8. The lowest BCUT2D eigenvalue weighted by atomic mass is 10.1. The molecule has 0 fully saturated rings. The van der Waals surface area contributed by atoms with Gasteiger partial charge in [-0.25, -0.2) is 9.97 Å². The summed E-state index contributed by atoms with van der Waals surface area (Å²) in [6, 6.07) is 1.97. The summed E-state index contributed by atoms with van der Waals surface area (Å²) in [7, 11) is 0. The van der Waals surface area contributed by atoms with E-state index in [0.29, 0.717) is 5.95 Å². The van der Waals surface area contributed by atoms with Crippen molar-refractivity contribution < 1.29 is 0 Å². The van der Waals surface area contributed by atoms with Crippen LogP contribution >= 0.6 is 23.7 Å². The van der Waals surface area contributed by atoms with Crippen LogP contribution in [0.3, 0.4) is 0 Å². The molecule has 0 aliphatic rings. The fourth-order valence-electron chi connectivity index (χ4n) is 1.65. The Kier molecular flexibility index (Phi) is 9.17. The van der Waals surface area contributed by atoms with Crippen LogP contribution in [0.2, 0.25) is 0 Å². The summed E-state index contributed by atoms with van der Waals surface area (Å²) in [6.07, 6.45) is 14.6. The van der Waals surface area contributed by atoms with Gasteiger partial charge in [-0.3, -0.25) is 4.72 Å². The van der Waals surface area contributed by atoms with Gasteiger partial charge in [-0.15, -0.1) is 11.8 Å². The van der Waals surface area contributed by atoms with Crippen LogP contribution in [0.5, 0.6) is 0 Å². The van der Waals surface area contributed by atoms with Crippen molar-refractivity contribution in [3.63, 3.8) is 0 Å². The number of rotatable bonds is 9. The molecule has 122 valence electrons. The molecule has 23 heavy (non-hydrogen) atoms. The minimum absolute atomic E-state index is 0.578. The predicted octanol–water partition coefficient (Wildman–Crippen LogP) is 5.88. The van der Waals surface area contributed by atoms with Crippen molar-refractivity contribution in [3.8, 4) is 0 Å². The molecule has 0 unspecified atom stereocenters. The molecule has 1 rings (SSSR count). The average Bonchev–Trinajstić information content (AvgIpc) is 2.59. The van der Waals surface area contributed by atoms with Crippen molar-refractivity contribution in [1.82, 2.24) is 9.97 Å². The van der Waals surface area contributed by atoms with Gasteiger partial charge in [0.1, 0.15) is 5.03 Å². The maximum atomic E-state index is 4.58. The van der Waals surface area contributed by atoms with E-state index in [1.165, 1.54) is 11.9 Å². The third-order valence-corrected chi connectivity index (χ3v) is 4.24. The van der Waals surface area contributed by atoms with Crippen LogP contribution in [0.4, 0.5) is 5.95 Å². The first-order valence-electron chi connectivity index (χ1n) is 7.32. The molecular formula is C18H23N3S2. The molecule has 1 aromatic rings. The average molecular weight is 346 g/mol. The maximum Gasteiger partial charge on any atom is 0.234 e.